The van der Waals surface area contributed by atoms with Gasteiger partial charge in [0.2, 0.25) is 11.8 Å². The Balaban J connectivity index is 1.53. The lowest BCUT2D eigenvalue weighted by atomic mass is 9.92. The average molecular weight is 354 g/mol. The topological polar surface area (TPSA) is 69.0 Å². The van der Waals surface area contributed by atoms with Gasteiger partial charge in [0, 0.05) is 31.6 Å². The van der Waals surface area contributed by atoms with Gasteiger partial charge in [-0.1, -0.05) is 6.42 Å². The summed E-state index contributed by atoms with van der Waals surface area (Å²) in [4.78, 5) is 11.3. The minimum absolute atomic E-state index is 0.233. The number of aromatic nitrogens is 5. The third-order valence-electron chi connectivity index (χ3n) is 6.16. The first-order valence-electron chi connectivity index (χ1n) is 9.99. The maximum absolute atomic E-state index is 5.91. The second-order valence-electron chi connectivity index (χ2n) is 7.74. The van der Waals surface area contributed by atoms with Gasteiger partial charge in [-0.25, -0.2) is 9.97 Å². The van der Waals surface area contributed by atoms with Crippen molar-refractivity contribution in [1.29, 1.82) is 0 Å². The molecule has 0 aromatic carbocycles. The van der Waals surface area contributed by atoms with Crippen LogP contribution < -0.4 is 4.90 Å². The van der Waals surface area contributed by atoms with Crippen molar-refractivity contribution in [2.24, 2.45) is 5.92 Å². The minimum atomic E-state index is 0.233. The maximum Gasteiger partial charge on any atom is 0.227 e. The molecule has 3 fully saturated rings. The molecule has 0 spiro atoms. The first-order valence-corrected chi connectivity index (χ1v) is 9.99. The number of rotatable bonds is 4. The molecular weight excluding hydrogens is 328 g/mol. The quantitative estimate of drug-likeness (QED) is 0.841. The second-order valence-corrected chi connectivity index (χ2v) is 7.74. The molecule has 0 bridgehead atoms. The first-order chi connectivity index (χ1) is 12.9. The fourth-order valence-electron chi connectivity index (χ4n) is 4.95. The molecule has 3 aliphatic rings. The molecule has 1 aliphatic carbocycles. The summed E-state index contributed by atoms with van der Waals surface area (Å²) < 4.78 is 8.12. The zero-order chi connectivity index (χ0) is 17.3. The van der Waals surface area contributed by atoms with E-state index < -0.39 is 0 Å². The standard InChI is InChI=1S/C19H26N6O/c1-5-14-6-2-11-24(16(14)8-1)19-23-22-18(17-20-9-4-10-21-17)25(19)13-15-7-3-12-26-15/h4,9-10,14-16H,1-3,5-8,11-13H2. The number of nitrogens with zero attached hydrogens (tertiary/aromatic N) is 6. The zero-order valence-corrected chi connectivity index (χ0v) is 15.1. The number of ether oxygens (including phenoxy) is 1. The van der Waals surface area contributed by atoms with E-state index in [1.807, 2.05) is 6.07 Å². The number of piperidine rings is 1. The van der Waals surface area contributed by atoms with Crippen LogP contribution in [0.3, 0.4) is 0 Å². The number of hydrogen-bond acceptors (Lipinski definition) is 6. The molecule has 4 heterocycles. The molecule has 0 N–H and O–H groups in total. The predicted octanol–water partition coefficient (Wildman–Crippen LogP) is 2.68. The highest BCUT2D eigenvalue weighted by atomic mass is 16.5. The molecule has 2 aromatic rings. The van der Waals surface area contributed by atoms with E-state index in [2.05, 4.69) is 29.6 Å². The van der Waals surface area contributed by atoms with Gasteiger partial charge in [-0.05, 0) is 50.5 Å². The lowest BCUT2D eigenvalue weighted by Gasteiger charge is -2.38. The fraction of sp³-hybridized carbons (Fsp3) is 0.684. The zero-order valence-electron chi connectivity index (χ0n) is 15.1. The minimum Gasteiger partial charge on any atom is -0.376 e. The van der Waals surface area contributed by atoms with Gasteiger partial charge in [0.05, 0.1) is 12.6 Å². The summed E-state index contributed by atoms with van der Waals surface area (Å²) in [6, 6.07) is 2.44. The number of hydrogen-bond donors (Lipinski definition) is 0. The lowest BCUT2D eigenvalue weighted by Crippen LogP contribution is -2.44. The van der Waals surface area contributed by atoms with E-state index in [1.165, 1.54) is 32.1 Å². The highest BCUT2D eigenvalue weighted by Crippen LogP contribution is 2.39. The highest BCUT2D eigenvalue weighted by molar-refractivity contribution is 5.49. The Bertz CT molecular complexity index is 742. The number of fused-ring (bicyclic) bond motifs is 1. The first kappa shape index (κ1) is 16.2. The van der Waals surface area contributed by atoms with Crippen LogP contribution >= 0.6 is 0 Å². The van der Waals surface area contributed by atoms with Gasteiger partial charge >= 0.3 is 0 Å². The van der Waals surface area contributed by atoms with Crippen molar-refractivity contribution in [1.82, 2.24) is 24.7 Å². The van der Waals surface area contributed by atoms with Crippen LogP contribution in [0.1, 0.15) is 44.9 Å². The average Bonchev–Trinajstić information content (AvgIpc) is 3.43. The van der Waals surface area contributed by atoms with Crippen LogP contribution in [0, 0.1) is 5.92 Å². The Morgan fingerprint density at radius 3 is 2.73 bits per heavy atom. The van der Waals surface area contributed by atoms with E-state index in [1.54, 1.807) is 12.4 Å². The van der Waals surface area contributed by atoms with Crippen molar-refractivity contribution >= 4 is 5.95 Å². The van der Waals surface area contributed by atoms with Crippen LogP contribution in [0.2, 0.25) is 0 Å². The maximum atomic E-state index is 5.91. The van der Waals surface area contributed by atoms with Gasteiger partial charge in [-0.15, -0.1) is 10.2 Å². The molecule has 0 radical (unpaired) electrons. The third-order valence-corrected chi connectivity index (χ3v) is 6.16. The molecule has 3 atom stereocenters. The molecule has 7 nitrogen and oxygen atoms in total. The summed E-state index contributed by atoms with van der Waals surface area (Å²) in [6.07, 6.45) is 12.6. The summed E-state index contributed by atoms with van der Waals surface area (Å²) in [5, 5.41) is 9.13. The van der Waals surface area contributed by atoms with Crippen LogP contribution in [0.4, 0.5) is 5.95 Å². The normalized spacial score (nSPS) is 28.5. The van der Waals surface area contributed by atoms with Crippen LogP contribution in [0.25, 0.3) is 11.6 Å². The van der Waals surface area contributed by atoms with Crippen LogP contribution in [-0.2, 0) is 11.3 Å². The molecule has 0 amide bonds. The molecule has 2 aromatic heterocycles. The van der Waals surface area contributed by atoms with Gasteiger partial charge in [0.25, 0.3) is 0 Å². The molecule has 1 saturated carbocycles. The van der Waals surface area contributed by atoms with Crippen molar-refractivity contribution in [3.05, 3.63) is 18.5 Å². The van der Waals surface area contributed by atoms with E-state index in [-0.39, 0.29) is 6.10 Å². The molecule has 26 heavy (non-hydrogen) atoms. The molecule has 2 saturated heterocycles. The van der Waals surface area contributed by atoms with E-state index in [4.69, 9.17) is 4.74 Å². The summed E-state index contributed by atoms with van der Waals surface area (Å²) in [5.41, 5.74) is 0. The van der Waals surface area contributed by atoms with Gasteiger partial charge in [-0.2, -0.15) is 0 Å². The molecule has 138 valence electrons. The SMILES string of the molecule is c1cnc(-c2nnc(N3CCCC4CCCC43)n2CC2CCCO2)nc1. The van der Waals surface area contributed by atoms with Crippen molar-refractivity contribution in [2.75, 3.05) is 18.1 Å². The van der Waals surface area contributed by atoms with E-state index in [0.717, 1.165) is 50.2 Å². The Hall–Kier alpha value is -2.02. The molecule has 7 heteroatoms. The highest BCUT2D eigenvalue weighted by Gasteiger charge is 2.38. The molecule has 3 unspecified atom stereocenters. The van der Waals surface area contributed by atoms with Crippen molar-refractivity contribution in [3.63, 3.8) is 0 Å². The Labute approximate surface area is 153 Å². The lowest BCUT2D eigenvalue weighted by molar-refractivity contribution is 0.0973. The van der Waals surface area contributed by atoms with Gasteiger partial charge < -0.3 is 9.64 Å². The number of anilines is 1. The van der Waals surface area contributed by atoms with Gasteiger partial charge in [0.1, 0.15) is 0 Å². The van der Waals surface area contributed by atoms with E-state index in [0.29, 0.717) is 11.9 Å². The third kappa shape index (κ3) is 2.88. The Morgan fingerprint density at radius 1 is 1.00 bits per heavy atom. The van der Waals surface area contributed by atoms with Crippen molar-refractivity contribution < 1.29 is 4.74 Å². The van der Waals surface area contributed by atoms with Crippen LogP contribution in [0.5, 0.6) is 0 Å². The van der Waals surface area contributed by atoms with Crippen LogP contribution in [-0.4, -0.2) is 50.0 Å². The molecule has 5 rings (SSSR count). The van der Waals surface area contributed by atoms with Crippen molar-refractivity contribution in [2.45, 2.75) is 63.6 Å². The Morgan fingerprint density at radius 2 is 1.88 bits per heavy atom. The monoisotopic (exact) mass is 354 g/mol. The van der Waals surface area contributed by atoms with E-state index >= 15 is 0 Å². The van der Waals surface area contributed by atoms with Gasteiger partial charge in [-0.3, -0.25) is 4.57 Å². The van der Waals surface area contributed by atoms with Crippen LogP contribution in [0.15, 0.2) is 18.5 Å². The largest absolute Gasteiger partial charge is 0.376 e. The Kier molecular flexibility index (Phi) is 4.32. The van der Waals surface area contributed by atoms with E-state index in [9.17, 15) is 0 Å². The molecular formula is C19H26N6O. The smallest absolute Gasteiger partial charge is 0.227 e. The fourth-order valence-corrected chi connectivity index (χ4v) is 4.95. The van der Waals surface area contributed by atoms with Crippen molar-refractivity contribution in [3.8, 4) is 11.6 Å². The summed E-state index contributed by atoms with van der Waals surface area (Å²) in [6.45, 7) is 2.71. The molecule has 2 aliphatic heterocycles. The summed E-state index contributed by atoms with van der Waals surface area (Å²) >= 11 is 0. The second kappa shape index (κ2) is 6.95. The summed E-state index contributed by atoms with van der Waals surface area (Å²) in [5.74, 6) is 3.20. The summed E-state index contributed by atoms with van der Waals surface area (Å²) in [7, 11) is 0. The predicted molar refractivity (Wildman–Crippen MR) is 97.7 cm³/mol. The van der Waals surface area contributed by atoms with Gasteiger partial charge in [0.15, 0.2) is 5.82 Å².